The van der Waals surface area contributed by atoms with Crippen LogP contribution in [0, 0.1) is 0 Å². The molecule has 100 valence electrons. The van der Waals surface area contributed by atoms with Gasteiger partial charge < -0.3 is 10.5 Å². The van der Waals surface area contributed by atoms with Crippen LogP contribution in [0.25, 0.3) is 0 Å². The van der Waals surface area contributed by atoms with E-state index in [4.69, 9.17) is 10.5 Å². The third kappa shape index (κ3) is 3.92. The number of hydrogen-bond donors (Lipinski definition) is 1. The molecule has 1 aliphatic heterocycles. The van der Waals surface area contributed by atoms with Crippen molar-refractivity contribution in [3.63, 3.8) is 0 Å². The molecule has 3 heteroatoms. The van der Waals surface area contributed by atoms with E-state index < -0.39 is 0 Å². The van der Waals surface area contributed by atoms with Crippen molar-refractivity contribution < 1.29 is 4.74 Å². The molecule has 0 spiro atoms. The molecule has 1 unspecified atom stereocenters. The summed E-state index contributed by atoms with van der Waals surface area (Å²) in [6, 6.07) is 6.87. The molecule has 0 saturated carbocycles. The molecule has 0 amide bonds. The molecule has 0 radical (unpaired) electrons. The van der Waals surface area contributed by atoms with Gasteiger partial charge in [0.25, 0.3) is 0 Å². The van der Waals surface area contributed by atoms with Crippen LogP contribution >= 0.6 is 11.8 Å². The number of benzene rings is 1. The minimum absolute atomic E-state index is 0.307. The quantitative estimate of drug-likeness (QED) is 0.858. The van der Waals surface area contributed by atoms with Gasteiger partial charge in [-0.15, -0.1) is 0 Å². The van der Waals surface area contributed by atoms with E-state index >= 15 is 0 Å². The lowest BCUT2D eigenvalue weighted by Crippen LogP contribution is -2.24. The highest BCUT2D eigenvalue weighted by Gasteiger charge is 2.12. The van der Waals surface area contributed by atoms with E-state index in [1.807, 2.05) is 11.8 Å². The fourth-order valence-electron chi connectivity index (χ4n) is 2.15. The molecule has 2 N–H and O–H groups in total. The number of thioether (sulfide) groups is 1. The SMILES string of the molecule is CC(C)SCC(N)CCc1ccc2c(c1)CCO2. The first-order valence-electron chi connectivity index (χ1n) is 6.77. The fourth-order valence-corrected chi connectivity index (χ4v) is 2.95. The van der Waals surface area contributed by atoms with Gasteiger partial charge >= 0.3 is 0 Å². The van der Waals surface area contributed by atoms with Crippen LogP contribution in [0.1, 0.15) is 31.4 Å². The first kappa shape index (κ1) is 13.8. The Balaban J connectivity index is 1.79. The Morgan fingerprint density at radius 3 is 3.00 bits per heavy atom. The van der Waals surface area contributed by atoms with Gasteiger partial charge in [0.1, 0.15) is 5.75 Å². The number of ether oxygens (including phenoxy) is 1. The lowest BCUT2D eigenvalue weighted by Gasteiger charge is -2.13. The van der Waals surface area contributed by atoms with Crippen molar-refractivity contribution in [2.24, 2.45) is 5.73 Å². The van der Waals surface area contributed by atoms with Crippen LogP contribution in [0.5, 0.6) is 5.75 Å². The summed E-state index contributed by atoms with van der Waals surface area (Å²) in [7, 11) is 0. The predicted octanol–water partition coefficient (Wildman–Crippen LogP) is 3.02. The highest BCUT2D eigenvalue weighted by molar-refractivity contribution is 7.99. The van der Waals surface area contributed by atoms with Gasteiger partial charge in [-0.1, -0.05) is 26.0 Å². The molecule has 1 aliphatic rings. The van der Waals surface area contributed by atoms with Gasteiger partial charge in [0.2, 0.25) is 0 Å². The summed E-state index contributed by atoms with van der Waals surface area (Å²) in [6.45, 7) is 5.28. The average molecular weight is 265 g/mol. The normalized spacial score (nSPS) is 15.6. The van der Waals surface area contributed by atoms with Gasteiger partial charge in [-0.3, -0.25) is 0 Å². The number of nitrogens with two attached hydrogens (primary N) is 1. The van der Waals surface area contributed by atoms with Crippen molar-refractivity contribution in [1.82, 2.24) is 0 Å². The first-order valence-corrected chi connectivity index (χ1v) is 7.82. The van der Waals surface area contributed by atoms with Gasteiger partial charge in [-0.25, -0.2) is 0 Å². The van der Waals surface area contributed by atoms with Crippen molar-refractivity contribution >= 4 is 11.8 Å². The maximum Gasteiger partial charge on any atom is 0.122 e. The minimum atomic E-state index is 0.307. The standard InChI is InChI=1S/C15H23NOS/c1-11(2)18-10-14(16)5-3-12-4-6-15-13(9-12)7-8-17-15/h4,6,9,11,14H,3,5,7-8,10,16H2,1-2H3. The second-order valence-electron chi connectivity index (χ2n) is 5.22. The lowest BCUT2D eigenvalue weighted by molar-refractivity contribution is 0.357. The topological polar surface area (TPSA) is 35.2 Å². The van der Waals surface area contributed by atoms with E-state index in [0.29, 0.717) is 11.3 Å². The first-order chi connectivity index (χ1) is 8.65. The van der Waals surface area contributed by atoms with Crippen LogP contribution in [0.4, 0.5) is 0 Å². The van der Waals surface area contributed by atoms with E-state index in [2.05, 4.69) is 32.0 Å². The summed E-state index contributed by atoms with van der Waals surface area (Å²) in [5, 5.41) is 0.674. The summed E-state index contributed by atoms with van der Waals surface area (Å²) >= 11 is 1.95. The van der Waals surface area contributed by atoms with E-state index in [0.717, 1.165) is 37.4 Å². The van der Waals surface area contributed by atoms with Crippen LogP contribution < -0.4 is 10.5 Å². The highest BCUT2D eigenvalue weighted by Crippen LogP contribution is 2.26. The summed E-state index contributed by atoms with van der Waals surface area (Å²) < 4.78 is 5.52. The van der Waals surface area contributed by atoms with E-state index in [-0.39, 0.29) is 0 Å². The highest BCUT2D eigenvalue weighted by atomic mass is 32.2. The van der Waals surface area contributed by atoms with Crippen LogP contribution in [-0.2, 0) is 12.8 Å². The van der Waals surface area contributed by atoms with E-state index in [1.54, 1.807) is 0 Å². The molecule has 2 rings (SSSR count). The zero-order valence-electron chi connectivity index (χ0n) is 11.3. The monoisotopic (exact) mass is 265 g/mol. The molecule has 0 aliphatic carbocycles. The summed E-state index contributed by atoms with van der Waals surface area (Å²) in [6.07, 6.45) is 3.20. The predicted molar refractivity (Wildman–Crippen MR) is 79.5 cm³/mol. The molecular weight excluding hydrogens is 242 g/mol. The molecule has 0 aromatic heterocycles. The van der Waals surface area contributed by atoms with Crippen molar-refractivity contribution in [3.8, 4) is 5.75 Å². The van der Waals surface area contributed by atoms with Crippen LogP contribution in [0.2, 0.25) is 0 Å². The smallest absolute Gasteiger partial charge is 0.122 e. The minimum Gasteiger partial charge on any atom is -0.493 e. The summed E-state index contributed by atoms with van der Waals surface area (Å²) in [4.78, 5) is 0. The van der Waals surface area contributed by atoms with Gasteiger partial charge in [0.05, 0.1) is 6.61 Å². The molecule has 1 aromatic carbocycles. The van der Waals surface area contributed by atoms with Crippen molar-refractivity contribution in [2.75, 3.05) is 12.4 Å². The van der Waals surface area contributed by atoms with Gasteiger partial charge in [0, 0.05) is 18.2 Å². The molecule has 0 bridgehead atoms. The Labute approximate surface area is 114 Å². The van der Waals surface area contributed by atoms with Crippen molar-refractivity contribution in [2.45, 2.75) is 44.4 Å². The Morgan fingerprint density at radius 1 is 1.39 bits per heavy atom. The third-order valence-electron chi connectivity index (χ3n) is 3.20. The van der Waals surface area contributed by atoms with Gasteiger partial charge in [-0.05, 0) is 35.3 Å². The lowest BCUT2D eigenvalue weighted by atomic mass is 10.0. The maximum atomic E-state index is 6.14. The number of fused-ring (bicyclic) bond motifs is 1. The maximum absolute atomic E-state index is 6.14. The van der Waals surface area contributed by atoms with Crippen molar-refractivity contribution in [1.29, 1.82) is 0 Å². The Morgan fingerprint density at radius 2 is 2.22 bits per heavy atom. The molecule has 1 aromatic rings. The second kappa shape index (κ2) is 6.48. The third-order valence-corrected chi connectivity index (χ3v) is 4.49. The van der Waals surface area contributed by atoms with Crippen LogP contribution in [0.3, 0.4) is 0 Å². The fraction of sp³-hybridized carbons (Fsp3) is 0.600. The molecule has 0 fully saturated rings. The van der Waals surface area contributed by atoms with E-state index in [9.17, 15) is 0 Å². The van der Waals surface area contributed by atoms with E-state index in [1.165, 1.54) is 11.1 Å². The second-order valence-corrected chi connectivity index (χ2v) is 6.83. The van der Waals surface area contributed by atoms with Crippen LogP contribution in [-0.4, -0.2) is 23.7 Å². The zero-order chi connectivity index (χ0) is 13.0. The molecular formula is C15H23NOS. The average Bonchev–Trinajstić information content (AvgIpc) is 2.81. The Bertz CT molecular complexity index is 392. The van der Waals surface area contributed by atoms with Gasteiger partial charge in [-0.2, -0.15) is 11.8 Å². The number of rotatable bonds is 6. The number of aryl methyl sites for hydroxylation is 1. The largest absolute Gasteiger partial charge is 0.493 e. The molecule has 1 heterocycles. The zero-order valence-corrected chi connectivity index (χ0v) is 12.1. The number of hydrogen-bond acceptors (Lipinski definition) is 3. The Kier molecular flexibility index (Phi) is 4.95. The Hall–Kier alpha value is -0.670. The van der Waals surface area contributed by atoms with Crippen molar-refractivity contribution in [3.05, 3.63) is 29.3 Å². The summed E-state index contributed by atoms with van der Waals surface area (Å²) in [5.74, 6) is 2.13. The van der Waals surface area contributed by atoms with Crippen LogP contribution in [0.15, 0.2) is 18.2 Å². The summed E-state index contributed by atoms with van der Waals surface area (Å²) in [5.41, 5.74) is 8.89. The molecule has 0 saturated heterocycles. The molecule has 1 atom stereocenters. The molecule has 2 nitrogen and oxygen atoms in total. The molecule has 18 heavy (non-hydrogen) atoms. The van der Waals surface area contributed by atoms with Gasteiger partial charge in [0.15, 0.2) is 0 Å².